The Morgan fingerprint density at radius 1 is 1.11 bits per heavy atom. The number of esters is 1. The Balaban J connectivity index is 1.26. The number of nitrogens with zero attached hydrogens (tertiary/aromatic N) is 2. The highest BCUT2D eigenvalue weighted by Gasteiger charge is 2.27. The normalized spacial score (nSPS) is 18.2. The predicted octanol–water partition coefficient (Wildman–Crippen LogP) is 3.18. The first-order chi connectivity index (χ1) is 17.8. The number of ether oxygens (including phenoxy) is 2. The van der Waals surface area contributed by atoms with E-state index >= 15 is 0 Å². The van der Waals surface area contributed by atoms with Crippen LogP contribution in [0.3, 0.4) is 0 Å². The molecule has 0 spiro atoms. The van der Waals surface area contributed by atoms with Crippen molar-refractivity contribution in [3.63, 3.8) is 0 Å². The third-order valence-electron chi connectivity index (χ3n) is 6.79. The number of benzene rings is 2. The highest BCUT2D eigenvalue weighted by Crippen LogP contribution is 2.32. The first kappa shape index (κ1) is 25.3. The number of morpholine rings is 1. The van der Waals surface area contributed by atoms with Gasteiger partial charge in [0, 0.05) is 29.9 Å². The summed E-state index contributed by atoms with van der Waals surface area (Å²) < 4.78 is 37.6. The van der Waals surface area contributed by atoms with Gasteiger partial charge in [-0.05, 0) is 61.1 Å². The van der Waals surface area contributed by atoms with Crippen LogP contribution in [0.5, 0.6) is 0 Å². The molecule has 0 radical (unpaired) electrons. The lowest BCUT2D eigenvalue weighted by Crippen LogP contribution is -2.40. The van der Waals surface area contributed by atoms with Crippen LogP contribution >= 0.6 is 0 Å². The molecule has 1 fully saturated rings. The molecule has 3 aromatic rings. The average molecular weight is 524 g/mol. The molecule has 2 aliphatic rings. The van der Waals surface area contributed by atoms with Crippen molar-refractivity contribution in [2.75, 3.05) is 38.2 Å². The van der Waals surface area contributed by atoms with E-state index in [1.165, 1.54) is 28.6 Å². The van der Waals surface area contributed by atoms with Crippen molar-refractivity contribution in [2.45, 2.75) is 31.1 Å². The van der Waals surface area contributed by atoms with Crippen LogP contribution in [0, 0.1) is 5.92 Å². The van der Waals surface area contributed by atoms with Crippen LogP contribution in [0.2, 0.25) is 0 Å². The van der Waals surface area contributed by atoms with Crippen molar-refractivity contribution >= 4 is 38.5 Å². The van der Waals surface area contributed by atoms with Crippen LogP contribution in [-0.2, 0) is 37.1 Å². The molecule has 10 heteroatoms. The van der Waals surface area contributed by atoms with Gasteiger partial charge in [-0.25, -0.2) is 13.2 Å². The monoisotopic (exact) mass is 523 g/mol. The van der Waals surface area contributed by atoms with E-state index in [9.17, 15) is 18.0 Å². The Morgan fingerprint density at radius 3 is 2.59 bits per heavy atom. The lowest BCUT2D eigenvalue weighted by atomic mass is 9.84. The minimum atomic E-state index is -3.62. The van der Waals surface area contributed by atoms with Crippen molar-refractivity contribution in [1.82, 2.24) is 9.29 Å². The predicted molar refractivity (Wildman–Crippen MR) is 138 cm³/mol. The Morgan fingerprint density at radius 2 is 1.84 bits per heavy atom. The number of hydrogen-bond donors (Lipinski definition) is 1. The number of anilines is 1. The Hall–Kier alpha value is -3.34. The summed E-state index contributed by atoms with van der Waals surface area (Å²) in [4.78, 5) is 30.6. The fourth-order valence-electron chi connectivity index (χ4n) is 4.84. The summed E-state index contributed by atoms with van der Waals surface area (Å²) >= 11 is 0. The number of hydrogen-bond acceptors (Lipinski definition) is 7. The second kappa shape index (κ2) is 10.6. The summed E-state index contributed by atoms with van der Waals surface area (Å²) in [5.41, 5.74) is 3.44. The van der Waals surface area contributed by atoms with Gasteiger partial charge in [-0.15, -0.1) is 0 Å². The zero-order chi connectivity index (χ0) is 26.0. The third-order valence-corrected chi connectivity index (χ3v) is 8.70. The number of para-hydroxylation sites is 1. The second-order valence-corrected chi connectivity index (χ2v) is 11.4. The number of pyridine rings is 1. The van der Waals surface area contributed by atoms with E-state index in [1.807, 2.05) is 24.3 Å². The highest BCUT2D eigenvalue weighted by molar-refractivity contribution is 7.89. The lowest BCUT2D eigenvalue weighted by molar-refractivity contribution is -0.119. The number of aromatic nitrogens is 1. The van der Waals surface area contributed by atoms with E-state index in [0.717, 1.165) is 41.4 Å². The van der Waals surface area contributed by atoms with Crippen LogP contribution in [0.4, 0.5) is 5.69 Å². The SMILES string of the molecule is C[C@@H]1CCc2nc3ccccc3c(C(=O)OCC(=O)Nc3ccc(S(=O)(=O)N4CCOCC4)cc3)c2C1. The zero-order valence-electron chi connectivity index (χ0n) is 20.6. The minimum absolute atomic E-state index is 0.141. The summed E-state index contributed by atoms with van der Waals surface area (Å²) in [6.45, 7) is 3.03. The van der Waals surface area contributed by atoms with Crippen LogP contribution in [-0.4, -0.2) is 62.5 Å². The molecule has 0 saturated carbocycles. The number of fused-ring (bicyclic) bond motifs is 2. The van der Waals surface area contributed by atoms with Crippen LogP contribution in [0.15, 0.2) is 53.4 Å². The molecule has 2 aromatic carbocycles. The van der Waals surface area contributed by atoms with Crippen LogP contribution in [0.25, 0.3) is 10.9 Å². The molecule has 1 atom stereocenters. The van der Waals surface area contributed by atoms with E-state index < -0.39 is 28.5 Å². The number of carbonyl (C=O) groups excluding carboxylic acids is 2. The van der Waals surface area contributed by atoms with Gasteiger partial charge in [-0.3, -0.25) is 9.78 Å². The first-order valence-electron chi connectivity index (χ1n) is 12.4. The molecule has 37 heavy (non-hydrogen) atoms. The summed E-state index contributed by atoms with van der Waals surface area (Å²) in [7, 11) is -3.62. The second-order valence-electron chi connectivity index (χ2n) is 9.44. The van der Waals surface area contributed by atoms with Crippen LogP contribution in [0.1, 0.15) is 35.0 Å². The smallest absolute Gasteiger partial charge is 0.339 e. The quantitative estimate of drug-likeness (QED) is 0.494. The summed E-state index contributed by atoms with van der Waals surface area (Å²) in [6, 6.07) is 13.4. The van der Waals surface area contributed by atoms with Crippen molar-refractivity contribution in [2.24, 2.45) is 5.92 Å². The van der Waals surface area contributed by atoms with Gasteiger partial charge in [0.1, 0.15) is 0 Å². The van der Waals surface area contributed by atoms with Gasteiger partial charge in [0.2, 0.25) is 10.0 Å². The molecule has 0 bridgehead atoms. The number of sulfonamides is 1. The van der Waals surface area contributed by atoms with E-state index in [1.54, 1.807) is 0 Å². The third kappa shape index (κ3) is 5.36. The fraction of sp³-hybridized carbons (Fsp3) is 0.370. The molecule has 1 N–H and O–H groups in total. The van der Waals surface area contributed by atoms with Crippen molar-refractivity contribution < 1.29 is 27.5 Å². The van der Waals surface area contributed by atoms with Gasteiger partial charge in [-0.1, -0.05) is 25.1 Å². The van der Waals surface area contributed by atoms with E-state index in [2.05, 4.69) is 12.2 Å². The maximum Gasteiger partial charge on any atom is 0.339 e. The fourth-order valence-corrected chi connectivity index (χ4v) is 6.25. The van der Waals surface area contributed by atoms with Gasteiger partial charge in [0.05, 0.1) is 29.2 Å². The van der Waals surface area contributed by atoms with E-state index in [4.69, 9.17) is 14.5 Å². The van der Waals surface area contributed by atoms with Crippen LogP contribution < -0.4 is 5.32 Å². The van der Waals surface area contributed by atoms with Gasteiger partial charge in [0.15, 0.2) is 6.61 Å². The molecule has 5 rings (SSSR count). The van der Waals surface area contributed by atoms with Crippen molar-refractivity contribution in [3.8, 4) is 0 Å². The molecule has 1 aromatic heterocycles. The Labute approximate surface area is 215 Å². The summed E-state index contributed by atoms with van der Waals surface area (Å²) in [5, 5.41) is 3.38. The van der Waals surface area contributed by atoms with Gasteiger partial charge in [-0.2, -0.15) is 4.31 Å². The van der Waals surface area contributed by atoms with Crippen molar-refractivity contribution in [1.29, 1.82) is 0 Å². The lowest BCUT2D eigenvalue weighted by Gasteiger charge is -2.26. The van der Waals surface area contributed by atoms with Gasteiger partial charge in [0.25, 0.3) is 5.91 Å². The van der Waals surface area contributed by atoms with Crippen molar-refractivity contribution in [3.05, 3.63) is 65.4 Å². The highest BCUT2D eigenvalue weighted by atomic mass is 32.2. The molecule has 1 saturated heterocycles. The number of rotatable bonds is 6. The van der Waals surface area contributed by atoms with Gasteiger partial charge >= 0.3 is 5.97 Å². The molecule has 2 heterocycles. The minimum Gasteiger partial charge on any atom is -0.452 e. The molecule has 0 unspecified atom stereocenters. The number of carbonyl (C=O) groups is 2. The Bertz CT molecular complexity index is 1430. The number of aryl methyl sites for hydroxylation is 1. The van der Waals surface area contributed by atoms with E-state index in [-0.39, 0.29) is 4.90 Å². The number of nitrogens with one attached hydrogen (secondary N) is 1. The summed E-state index contributed by atoms with van der Waals surface area (Å²) in [5.74, 6) is -0.635. The zero-order valence-corrected chi connectivity index (χ0v) is 21.4. The Kier molecular flexibility index (Phi) is 7.23. The molecule has 9 nitrogen and oxygen atoms in total. The molecular formula is C27H29N3O6S. The largest absolute Gasteiger partial charge is 0.452 e. The van der Waals surface area contributed by atoms with Gasteiger partial charge < -0.3 is 14.8 Å². The molecule has 194 valence electrons. The maximum absolute atomic E-state index is 13.2. The molecule has 1 aliphatic carbocycles. The van der Waals surface area contributed by atoms with E-state index in [0.29, 0.717) is 43.5 Å². The number of amides is 1. The average Bonchev–Trinajstić information content (AvgIpc) is 2.91. The first-order valence-corrected chi connectivity index (χ1v) is 13.8. The summed E-state index contributed by atoms with van der Waals surface area (Å²) in [6.07, 6.45) is 2.56. The maximum atomic E-state index is 13.2. The molecular weight excluding hydrogens is 494 g/mol. The standard InChI is InChI=1S/C27H29N3O6S/c1-18-6-11-24-22(16-18)26(21-4-2-3-5-23(21)29-24)27(32)36-17-25(31)28-19-7-9-20(10-8-19)37(33,34)30-12-14-35-15-13-30/h2-5,7-10,18H,6,11-17H2,1H3,(H,28,31)/t18-/m1/s1. The molecule has 1 aliphatic heterocycles. The molecule has 1 amide bonds. The topological polar surface area (TPSA) is 115 Å².